The van der Waals surface area contributed by atoms with E-state index in [0.29, 0.717) is 23.0 Å². The van der Waals surface area contributed by atoms with Gasteiger partial charge in [0.25, 0.3) is 5.91 Å². The summed E-state index contributed by atoms with van der Waals surface area (Å²) in [5.74, 6) is 0.990. The molecule has 0 unspecified atom stereocenters. The highest BCUT2D eigenvalue weighted by Crippen LogP contribution is 2.47. The molecule has 0 saturated carbocycles. The van der Waals surface area contributed by atoms with Gasteiger partial charge in [-0.15, -0.1) is 11.3 Å². The lowest BCUT2D eigenvalue weighted by atomic mass is 9.80. The van der Waals surface area contributed by atoms with Crippen LogP contribution in [0.3, 0.4) is 0 Å². The molecule has 6 nitrogen and oxygen atoms in total. The van der Waals surface area contributed by atoms with Crippen molar-refractivity contribution in [3.63, 3.8) is 0 Å². The van der Waals surface area contributed by atoms with Crippen LogP contribution in [0.1, 0.15) is 52.5 Å². The van der Waals surface area contributed by atoms with Gasteiger partial charge in [-0.2, -0.15) is 0 Å². The number of thiophene rings is 1. The van der Waals surface area contributed by atoms with E-state index in [0.717, 1.165) is 36.4 Å². The quantitative estimate of drug-likeness (QED) is 0.740. The molecule has 4 rings (SSSR count). The van der Waals surface area contributed by atoms with Crippen LogP contribution in [0.15, 0.2) is 29.6 Å². The van der Waals surface area contributed by atoms with Crippen LogP contribution in [-0.2, 0) is 4.79 Å². The van der Waals surface area contributed by atoms with E-state index in [1.165, 1.54) is 0 Å². The number of rotatable bonds is 4. The first-order valence-electron chi connectivity index (χ1n) is 10.3. The summed E-state index contributed by atoms with van der Waals surface area (Å²) in [4.78, 5) is 31.9. The van der Waals surface area contributed by atoms with Crippen molar-refractivity contribution in [2.45, 2.75) is 31.7 Å². The summed E-state index contributed by atoms with van der Waals surface area (Å²) in [6.07, 6.45) is 2.15. The Bertz CT molecular complexity index is 943. The van der Waals surface area contributed by atoms with Crippen LogP contribution in [0.2, 0.25) is 0 Å². The van der Waals surface area contributed by atoms with Gasteiger partial charge in [0.1, 0.15) is 0 Å². The van der Waals surface area contributed by atoms with Crippen molar-refractivity contribution < 1.29 is 19.1 Å². The lowest BCUT2D eigenvalue weighted by molar-refractivity contribution is -0.136. The predicted octanol–water partition coefficient (Wildman–Crippen LogP) is 3.93. The van der Waals surface area contributed by atoms with Crippen molar-refractivity contribution in [2.75, 3.05) is 34.4 Å². The third-order valence-corrected chi connectivity index (χ3v) is 7.19. The van der Waals surface area contributed by atoms with Gasteiger partial charge in [0.15, 0.2) is 11.5 Å². The number of ether oxygens (including phenoxy) is 2. The van der Waals surface area contributed by atoms with E-state index in [-0.39, 0.29) is 17.9 Å². The number of hydrogen-bond acceptors (Lipinski definition) is 5. The Kier molecular flexibility index (Phi) is 5.73. The molecule has 1 aromatic heterocycles. The zero-order valence-electron chi connectivity index (χ0n) is 17.9. The summed E-state index contributed by atoms with van der Waals surface area (Å²) in [7, 11) is 4.90. The maximum absolute atomic E-state index is 13.9. The predicted molar refractivity (Wildman–Crippen MR) is 116 cm³/mol. The Balaban J connectivity index is 1.87. The zero-order valence-corrected chi connectivity index (χ0v) is 18.7. The maximum Gasteiger partial charge on any atom is 0.254 e. The van der Waals surface area contributed by atoms with Crippen LogP contribution in [0.4, 0.5) is 0 Å². The molecule has 30 heavy (non-hydrogen) atoms. The van der Waals surface area contributed by atoms with Gasteiger partial charge >= 0.3 is 0 Å². The van der Waals surface area contributed by atoms with Crippen LogP contribution in [-0.4, -0.2) is 56.0 Å². The minimum Gasteiger partial charge on any atom is -0.493 e. The van der Waals surface area contributed by atoms with Gasteiger partial charge in [0, 0.05) is 30.6 Å². The number of amides is 2. The van der Waals surface area contributed by atoms with Gasteiger partial charge in [-0.1, -0.05) is 13.0 Å². The van der Waals surface area contributed by atoms with Crippen molar-refractivity contribution in [2.24, 2.45) is 5.92 Å². The fourth-order valence-electron chi connectivity index (χ4n) is 4.72. The average Bonchev–Trinajstić information content (AvgIpc) is 3.29. The summed E-state index contributed by atoms with van der Waals surface area (Å²) >= 11 is 1.58. The molecule has 0 N–H and O–H groups in total. The van der Waals surface area contributed by atoms with Crippen molar-refractivity contribution in [3.8, 4) is 11.5 Å². The molecule has 1 fully saturated rings. The second-order valence-corrected chi connectivity index (χ2v) is 9.16. The van der Waals surface area contributed by atoms with E-state index in [9.17, 15) is 9.59 Å². The van der Waals surface area contributed by atoms with Crippen molar-refractivity contribution in [3.05, 3.63) is 45.6 Å². The highest BCUT2D eigenvalue weighted by molar-refractivity contribution is 7.10. The molecule has 1 aromatic carbocycles. The molecule has 2 aliphatic rings. The van der Waals surface area contributed by atoms with Gasteiger partial charge in [0.2, 0.25) is 5.91 Å². The van der Waals surface area contributed by atoms with Crippen LogP contribution in [0, 0.1) is 5.92 Å². The van der Waals surface area contributed by atoms with Crippen molar-refractivity contribution >= 4 is 23.2 Å². The SMILES string of the molecule is COc1cc2c(cc1OC)[C@H](C(=O)N1CCC[C@@H](C)C1)[C@@H](c1cccs1)N(C)C2=O. The molecule has 0 bridgehead atoms. The highest BCUT2D eigenvalue weighted by Gasteiger charge is 2.45. The van der Waals surface area contributed by atoms with Crippen molar-refractivity contribution in [1.29, 1.82) is 0 Å². The number of piperidine rings is 1. The summed E-state index contributed by atoms with van der Waals surface area (Å²) in [5.41, 5.74) is 1.23. The molecule has 0 spiro atoms. The fourth-order valence-corrected chi connectivity index (χ4v) is 5.62. The minimum absolute atomic E-state index is 0.0766. The smallest absolute Gasteiger partial charge is 0.254 e. The molecular weight excluding hydrogens is 400 g/mol. The summed E-state index contributed by atoms with van der Waals surface area (Å²) in [6.45, 7) is 3.71. The number of nitrogens with zero attached hydrogens (tertiary/aromatic N) is 2. The molecule has 2 aromatic rings. The number of benzene rings is 1. The summed E-state index contributed by atoms with van der Waals surface area (Å²) in [5, 5.41) is 1.99. The number of methoxy groups -OCH3 is 2. The third-order valence-electron chi connectivity index (χ3n) is 6.24. The van der Waals surface area contributed by atoms with Gasteiger partial charge in [-0.3, -0.25) is 9.59 Å². The van der Waals surface area contributed by atoms with E-state index < -0.39 is 5.92 Å². The van der Waals surface area contributed by atoms with Crippen LogP contribution >= 0.6 is 11.3 Å². The van der Waals surface area contributed by atoms with E-state index in [4.69, 9.17) is 9.47 Å². The molecule has 7 heteroatoms. The summed E-state index contributed by atoms with van der Waals surface area (Å²) in [6, 6.07) is 7.15. The van der Waals surface area contributed by atoms with Gasteiger partial charge in [0.05, 0.1) is 26.2 Å². The van der Waals surface area contributed by atoms with E-state index in [1.807, 2.05) is 28.5 Å². The van der Waals surface area contributed by atoms with E-state index >= 15 is 0 Å². The fraction of sp³-hybridized carbons (Fsp3) is 0.478. The lowest BCUT2D eigenvalue weighted by Gasteiger charge is -2.42. The van der Waals surface area contributed by atoms with Gasteiger partial charge in [-0.25, -0.2) is 0 Å². The topological polar surface area (TPSA) is 59.1 Å². The molecule has 0 aliphatic carbocycles. The molecule has 2 aliphatic heterocycles. The molecule has 2 amide bonds. The van der Waals surface area contributed by atoms with Gasteiger partial charge in [-0.05, 0) is 47.9 Å². The lowest BCUT2D eigenvalue weighted by Crippen LogP contribution is -2.48. The van der Waals surface area contributed by atoms with Gasteiger partial charge < -0.3 is 19.3 Å². The zero-order chi connectivity index (χ0) is 21.4. The molecule has 3 heterocycles. The Morgan fingerprint density at radius 3 is 2.57 bits per heavy atom. The number of carbonyl (C=O) groups is 2. The number of carbonyl (C=O) groups excluding carboxylic acids is 2. The average molecular weight is 429 g/mol. The molecule has 160 valence electrons. The Labute approximate surface area is 181 Å². The number of fused-ring (bicyclic) bond motifs is 1. The van der Waals surface area contributed by atoms with E-state index in [1.54, 1.807) is 43.6 Å². The van der Waals surface area contributed by atoms with E-state index in [2.05, 4.69) is 6.92 Å². The maximum atomic E-state index is 13.9. The second kappa shape index (κ2) is 8.30. The van der Waals surface area contributed by atoms with Crippen LogP contribution in [0.25, 0.3) is 0 Å². The number of likely N-dealkylation sites (N-methyl/N-ethyl adjacent to an activating group) is 1. The molecule has 1 saturated heterocycles. The molecule has 0 radical (unpaired) electrons. The monoisotopic (exact) mass is 428 g/mol. The number of hydrogen-bond donors (Lipinski definition) is 0. The Morgan fingerprint density at radius 2 is 1.93 bits per heavy atom. The molecular formula is C23H28N2O4S. The Hall–Kier alpha value is -2.54. The summed E-state index contributed by atoms with van der Waals surface area (Å²) < 4.78 is 10.9. The molecule has 3 atom stereocenters. The minimum atomic E-state index is -0.480. The number of likely N-dealkylation sites (tertiary alicyclic amines) is 1. The normalized spacial score (nSPS) is 23.9. The highest BCUT2D eigenvalue weighted by atomic mass is 32.1. The standard InChI is InChI=1S/C23H28N2O4S/c1-14-7-5-9-25(13-14)23(27)20-15-11-17(28-3)18(29-4)12-16(15)22(26)24(2)21(20)19-8-6-10-30-19/h6,8,10-12,14,20-21H,5,7,9,13H2,1-4H3/t14-,20+,21-/m1/s1. The second-order valence-electron chi connectivity index (χ2n) is 8.18. The van der Waals surface area contributed by atoms with Crippen LogP contribution < -0.4 is 9.47 Å². The Morgan fingerprint density at radius 1 is 1.20 bits per heavy atom. The van der Waals surface area contributed by atoms with Crippen molar-refractivity contribution in [1.82, 2.24) is 9.80 Å². The largest absolute Gasteiger partial charge is 0.493 e. The third kappa shape index (κ3) is 3.45. The first-order valence-corrected chi connectivity index (χ1v) is 11.2. The first-order chi connectivity index (χ1) is 14.5. The first kappa shape index (κ1) is 20.7. The van der Waals surface area contributed by atoms with Crippen LogP contribution in [0.5, 0.6) is 11.5 Å².